The first kappa shape index (κ1) is 22.2. The number of benzene rings is 3. The minimum absolute atomic E-state index is 0.0903. The van der Waals surface area contributed by atoms with E-state index in [4.69, 9.17) is 4.98 Å². The summed E-state index contributed by atoms with van der Waals surface area (Å²) >= 11 is 0. The van der Waals surface area contributed by atoms with Crippen molar-refractivity contribution in [3.63, 3.8) is 0 Å². The van der Waals surface area contributed by atoms with Crippen LogP contribution in [0.2, 0.25) is 0 Å². The third-order valence-corrected chi connectivity index (χ3v) is 6.96. The van der Waals surface area contributed by atoms with E-state index >= 15 is 0 Å². The molecule has 2 atom stereocenters. The fraction of sp³-hybridized carbons (Fsp3) is 0.286. The number of rotatable bonds is 5. The molecule has 3 aromatic carbocycles. The number of nitrogens with zero attached hydrogens (tertiary/aromatic N) is 2. The molecular weight excluding hydrogens is 426 g/mol. The van der Waals surface area contributed by atoms with Crippen LogP contribution in [0.5, 0.6) is 11.5 Å². The molecule has 2 heterocycles. The highest BCUT2D eigenvalue weighted by molar-refractivity contribution is 5.85. The van der Waals surface area contributed by atoms with E-state index in [1.165, 1.54) is 6.54 Å². The Morgan fingerprint density at radius 2 is 1.79 bits per heavy atom. The second kappa shape index (κ2) is 9.31. The maximum atomic E-state index is 13.9. The van der Waals surface area contributed by atoms with Gasteiger partial charge in [0, 0.05) is 12.5 Å². The van der Waals surface area contributed by atoms with E-state index in [0.29, 0.717) is 34.8 Å². The fourth-order valence-corrected chi connectivity index (χ4v) is 5.08. The van der Waals surface area contributed by atoms with Gasteiger partial charge in [0.05, 0.1) is 36.1 Å². The fourth-order valence-electron chi connectivity index (χ4n) is 5.08. The van der Waals surface area contributed by atoms with Crippen molar-refractivity contribution in [1.82, 2.24) is 9.55 Å². The van der Waals surface area contributed by atoms with Crippen LogP contribution in [0.3, 0.4) is 0 Å². The van der Waals surface area contributed by atoms with Gasteiger partial charge in [-0.1, -0.05) is 30.3 Å². The van der Waals surface area contributed by atoms with Crippen molar-refractivity contribution in [2.75, 3.05) is 19.6 Å². The Morgan fingerprint density at radius 1 is 1.03 bits per heavy atom. The molecule has 0 spiro atoms. The maximum absolute atomic E-state index is 13.9. The molecule has 0 saturated carbocycles. The number of nitrogens with one attached hydrogen (secondary N) is 1. The first-order valence-electron chi connectivity index (χ1n) is 12.0. The molecule has 0 radical (unpaired) electrons. The van der Waals surface area contributed by atoms with Crippen molar-refractivity contribution in [2.24, 2.45) is 5.92 Å². The van der Waals surface area contributed by atoms with Crippen LogP contribution in [0.1, 0.15) is 19.8 Å². The third kappa shape index (κ3) is 4.29. The molecular formula is C28H30N3O3+. The number of quaternary nitrogens is 1. The van der Waals surface area contributed by atoms with Crippen LogP contribution in [0.4, 0.5) is 0 Å². The number of likely N-dealkylation sites (tertiary alicyclic amines) is 1. The van der Waals surface area contributed by atoms with Crippen LogP contribution < -0.4 is 10.5 Å². The lowest BCUT2D eigenvalue weighted by Gasteiger charge is -2.30. The summed E-state index contributed by atoms with van der Waals surface area (Å²) in [6, 6.07) is 19.7. The van der Waals surface area contributed by atoms with Crippen molar-refractivity contribution >= 4 is 10.9 Å². The molecule has 1 aromatic heterocycles. The summed E-state index contributed by atoms with van der Waals surface area (Å²) in [5.41, 5.74) is 2.90. The Bertz CT molecular complexity index is 1380. The molecule has 1 aliphatic rings. The van der Waals surface area contributed by atoms with Crippen LogP contribution in [-0.2, 0) is 6.54 Å². The van der Waals surface area contributed by atoms with E-state index < -0.39 is 0 Å². The number of hydrogen-bond donors (Lipinski definition) is 3. The summed E-state index contributed by atoms with van der Waals surface area (Å²) < 4.78 is 1.77. The summed E-state index contributed by atoms with van der Waals surface area (Å²) in [4.78, 5) is 20.3. The highest BCUT2D eigenvalue weighted by Gasteiger charge is 2.25. The van der Waals surface area contributed by atoms with Gasteiger partial charge in [-0.25, -0.2) is 4.98 Å². The third-order valence-electron chi connectivity index (χ3n) is 6.96. The van der Waals surface area contributed by atoms with Gasteiger partial charge in [0.25, 0.3) is 5.56 Å². The largest absolute Gasteiger partial charge is 0.508 e. The van der Waals surface area contributed by atoms with Crippen LogP contribution in [0.15, 0.2) is 71.5 Å². The molecule has 1 fully saturated rings. The minimum atomic E-state index is -0.0903. The number of phenolic OH excluding ortho intramolecular Hbond substituents is 2. The summed E-state index contributed by atoms with van der Waals surface area (Å²) in [5, 5.41) is 20.8. The van der Waals surface area contributed by atoms with Crippen LogP contribution in [0, 0.1) is 5.92 Å². The highest BCUT2D eigenvalue weighted by atomic mass is 16.3. The van der Waals surface area contributed by atoms with Crippen molar-refractivity contribution < 1.29 is 15.1 Å². The first-order chi connectivity index (χ1) is 16.5. The summed E-state index contributed by atoms with van der Waals surface area (Å²) in [7, 11) is 0. The van der Waals surface area contributed by atoms with Gasteiger partial charge in [0.1, 0.15) is 17.3 Å². The Morgan fingerprint density at radius 3 is 2.56 bits per heavy atom. The molecule has 5 rings (SSSR count). The van der Waals surface area contributed by atoms with Gasteiger partial charge in [0.2, 0.25) is 0 Å². The van der Waals surface area contributed by atoms with Gasteiger partial charge in [0.15, 0.2) is 0 Å². The maximum Gasteiger partial charge on any atom is 0.261 e. The summed E-state index contributed by atoms with van der Waals surface area (Å²) in [5.74, 6) is 1.21. The van der Waals surface area contributed by atoms with Crippen LogP contribution in [0.25, 0.3) is 33.4 Å². The molecule has 1 aliphatic heterocycles. The topological polar surface area (TPSA) is 79.8 Å². The smallest absolute Gasteiger partial charge is 0.261 e. The zero-order valence-electron chi connectivity index (χ0n) is 19.4. The second-order valence-corrected chi connectivity index (χ2v) is 9.21. The Kier molecular flexibility index (Phi) is 6.07. The molecule has 1 saturated heterocycles. The zero-order valence-corrected chi connectivity index (χ0v) is 19.4. The Labute approximate surface area is 198 Å². The van der Waals surface area contributed by atoms with Crippen molar-refractivity contribution in [3.8, 4) is 34.0 Å². The predicted octanol–water partition coefficient (Wildman–Crippen LogP) is 3.46. The number of para-hydroxylation sites is 1. The number of hydrogen-bond acceptors (Lipinski definition) is 4. The molecule has 0 amide bonds. The number of piperidine rings is 1. The molecule has 34 heavy (non-hydrogen) atoms. The SMILES string of the molecule is CC[NH+]1CCCC(Cn2c(-c3ccccc3O)nc3ccc(-c4ccc(O)cc4)cc3c2=O)C1. The van der Waals surface area contributed by atoms with Crippen LogP contribution in [-0.4, -0.2) is 39.4 Å². The second-order valence-electron chi connectivity index (χ2n) is 9.21. The Balaban J connectivity index is 1.66. The van der Waals surface area contributed by atoms with E-state index in [1.807, 2.05) is 42.5 Å². The number of aromatic nitrogens is 2. The molecule has 6 nitrogen and oxygen atoms in total. The summed E-state index contributed by atoms with van der Waals surface area (Å²) in [6.45, 7) is 6.09. The van der Waals surface area contributed by atoms with Gasteiger partial charge < -0.3 is 15.1 Å². The number of fused-ring (bicyclic) bond motifs is 1. The van der Waals surface area contributed by atoms with Gasteiger partial charge in [-0.15, -0.1) is 0 Å². The molecule has 0 bridgehead atoms. The molecule has 6 heteroatoms. The summed E-state index contributed by atoms with van der Waals surface area (Å²) in [6.07, 6.45) is 2.24. The van der Waals surface area contributed by atoms with Gasteiger partial charge in [-0.05, 0) is 67.3 Å². The molecule has 0 aliphatic carbocycles. The lowest BCUT2D eigenvalue weighted by molar-refractivity contribution is -0.907. The van der Waals surface area contributed by atoms with Crippen LogP contribution >= 0.6 is 0 Å². The lowest BCUT2D eigenvalue weighted by atomic mass is 9.97. The quantitative estimate of drug-likeness (QED) is 0.430. The monoisotopic (exact) mass is 456 g/mol. The van der Waals surface area contributed by atoms with Gasteiger partial charge in [-0.3, -0.25) is 9.36 Å². The van der Waals surface area contributed by atoms with Crippen molar-refractivity contribution in [2.45, 2.75) is 26.3 Å². The van der Waals surface area contributed by atoms with Gasteiger partial charge >= 0.3 is 0 Å². The average Bonchev–Trinajstić information content (AvgIpc) is 2.86. The van der Waals surface area contributed by atoms with E-state index in [9.17, 15) is 15.0 Å². The van der Waals surface area contributed by atoms with E-state index in [0.717, 1.165) is 37.1 Å². The molecule has 4 aromatic rings. The molecule has 174 valence electrons. The van der Waals surface area contributed by atoms with E-state index in [1.54, 1.807) is 33.7 Å². The lowest BCUT2D eigenvalue weighted by Crippen LogP contribution is -3.13. The standard InChI is InChI=1S/C28H29N3O3/c1-2-30-15-5-6-19(17-30)18-31-27(23-7-3-4-8-26(23)33)29-25-14-11-21(16-24(25)28(31)34)20-9-12-22(32)13-10-20/h3-4,7-14,16,19,32-33H,2,5-6,15,17-18H2,1H3/p+1. The first-order valence-corrected chi connectivity index (χ1v) is 12.0. The molecule has 3 N–H and O–H groups in total. The Hall–Kier alpha value is -3.64. The van der Waals surface area contributed by atoms with E-state index in [2.05, 4.69) is 6.92 Å². The van der Waals surface area contributed by atoms with Gasteiger partial charge in [-0.2, -0.15) is 0 Å². The zero-order chi connectivity index (χ0) is 23.7. The molecule has 2 unspecified atom stereocenters. The van der Waals surface area contributed by atoms with Crippen molar-refractivity contribution in [3.05, 3.63) is 77.1 Å². The van der Waals surface area contributed by atoms with E-state index in [-0.39, 0.29) is 17.1 Å². The predicted molar refractivity (Wildman–Crippen MR) is 134 cm³/mol. The normalized spacial score (nSPS) is 18.3. The average molecular weight is 457 g/mol. The number of aromatic hydroxyl groups is 2. The number of phenols is 2. The van der Waals surface area contributed by atoms with Crippen molar-refractivity contribution in [1.29, 1.82) is 0 Å². The minimum Gasteiger partial charge on any atom is -0.508 e. The highest BCUT2D eigenvalue weighted by Crippen LogP contribution is 2.30.